The Hall–Kier alpha value is -1.09. The minimum atomic E-state index is -0.207. The van der Waals surface area contributed by atoms with Crippen LogP contribution in [0.1, 0.15) is 0 Å². The molecule has 0 aromatic rings. The zero-order valence-electron chi connectivity index (χ0n) is 6.55. The highest BCUT2D eigenvalue weighted by atomic mass is 16.2. The molecule has 0 bridgehead atoms. The number of amides is 1. The van der Waals surface area contributed by atoms with Gasteiger partial charge >= 0.3 is 0 Å². The summed E-state index contributed by atoms with van der Waals surface area (Å²) >= 11 is 0. The zero-order chi connectivity index (χ0) is 8.69. The van der Waals surface area contributed by atoms with Crippen molar-refractivity contribution in [2.24, 2.45) is 0 Å². The first kappa shape index (κ1) is 9.91. The molecular weight excluding hydrogens is 140 g/mol. The summed E-state index contributed by atoms with van der Waals surface area (Å²) in [5.74, 6) is -0.190. The van der Waals surface area contributed by atoms with Crippen molar-refractivity contribution in [1.29, 1.82) is 0 Å². The molecule has 1 amide bonds. The molecule has 0 aliphatic rings. The topological polar surface area (TPSA) is 44.1 Å². The van der Waals surface area contributed by atoms with Gasteiger partial charge in [-0.05, 0) is 0 Å². The van der Waals surface area contributed by atoms with E-state index in [1.165, 1.54) is 4.90 Å². The van der Waals surface area contributed by atoms with E-state index in [2.05, 4.69) is 13.2 Å². The fourth-order valence-electron chi connectivity index (χ4n) is 0.702. The number of nitrogens with one attached hydrogen (secondary N) is 1. The predicted molar refractivity (Wildman–Crippen MR) is 44.9 cm³/mol. The Morgan fingerprint density at radius 3 is 2.09 bits per heavy atom. The minimum Gasteiger partial charge on any atom is -0.334 e. The van der Waals surface area contributed by atoms with Crippen LogP contribution in [0.4, 0.5) is 0 Å². The molecule has 3 heteroatoms. The van der Waals surface area contributed by atoms with Gasteiger partial charge < -0.3 is 4.90 Å². The number of hydrogen-bond acceptors (Lipinski definition) is 1. The van der Waals surface area contributed by atoms with Gasteiger partial charge in [0.05, 0.1) is 6.54 Å². The third-order valence-electron chi connectivity index (χ3n) is 1.20. The van der Waals surface area contributed by atoms with Crippen molar-refractivity contribution in [3.8, 4) is 0 Å². The molecule has 61 valence electrons. The number of hydrogen-bond donors (Lipinski definition) is 0. The van der Waals surface area contributed by atoms with Crippen LogP contribution in [0, 0.1) is 0 Å². The van der Waals surface area contributed by atoms with Crippen LogP contribution in [0.25, 0.3) is 0 Å². The second-order valence-electron chi connectivity index (χ2n) is 2.05. The smallest absolute Gasteiger partial charge is 0.238 e. The van der Waals surface area contributed by atoms with E-state index in [0.717, 1.165) is 0 Å². The van der Waals surface area contributed by atoms with Gasteiger partial charge in [-0.1, -0.05) is 12.2 Å². The van der Waals surface area contributed by atoms with Gasteiger partial charge in [-0.2, -0.15) is 0 Å². The largest absolute Gasteiger partial charge is 0.334 e. The van der Waals surface area contributed by atoms with Crippen molar-refractivity contribution in [3.63, 3.8) is 0 Å². The maximum Gasteiger partial charge on any atom is 0.238 e. The van der Waals surface area contributed by atoms with Gasteiger partial charge in [0, 0.05) is 13.1 Å². The highest BCUT2D eigenvalue weighted by molar-refractivity contribution is 5.78. The number of carbonyl (C=O) groups is 1. The normalized spacial score (nSPS) is 8.82. The maximum atomic E-state index is 10.9. The molecule has 0 saturated heterocycles. The summed E-state index contributed by atoms with van der Waals surface area (Å²) in [5.41, 5.74) is 6.84. The molecule has 0 fully saturated rings. The molecule has 1 radical (unpaired) electrons. The summed E-state index contributed by atoms with van der Waals surface area (Å²) in [6, 6.07) is 0. The van der Waals surface area contributed by atoms with E-state index in [-0.39, 0.29) is 12.5 Å². The van der Waals surface area contributed by atoms with E-state index >= 15 is 0 Å². The van der Waals surface area contributed by atoms with Crippen LogP contribution in [-0.4, -0.2) is 30.4 Å². The van der Waals surface area contributed by atoms with Crippen molar-refractivity contribution in [1.82, 2.24) is 10.6 Å². The van der Waals surface area contributed by atoms with Crippen molar-refractivity contribution in [2.75, 3.05) is 19.6 Å². The fourth-order valence-corrected chi connectivity index (χ4v) is 0.702. The average molecular weight is 153 g/mol. The number of nitrogens with zero attached hydrogens (tertiary/aromatic N) is 1. The van der Waals surface area contributed by atoms with Gasteiger partial charge in [0.1, 0.15) is 0 Å². The SMILES string of the molecule is C=CCN(CC=C)C(=O)C[NH]. The summed E-state index contributed by atoms with van der Waals surface area (Å²) in [6.45, 7) is 7.79. The van der Waals surface area contributed by atoms with Gasteiger partial charge in [-0.15, -0.1) is 13.2 Å². The first-order valence-electron chi connectivity index (χ1n) is 3.40. The van der Waals surface area contributed by atoms with Crippen molar-refractivity contribution in [3.05, 3.63) is 25.3 Å². The molecule has 0 saturated carbocycles. The number of carbonyl (C=O) groups excluding carboxylic acids is 1. The molecular formula is C8H13N2O. The molecule has 0 aliphatic carbocycles. The van der Waals surface area contributed by atoms with Crippen molar-refractivity contribution >= 4 is 5.91 Å². The van der Waals surface area contributed by atoms with E-state index in [1.54, 1.807) is 12.2 Å². The lowest BCUT2D eigenvalue weighted by atomic mass is 10.4. The standard InChI is InChI=1S/C8H13N2O/c1-3-5-10(6-4-2)8(11)7-9/h3-4,9H,1-2,5-7H2. The highest BCUT2D eigenvalue weighted by Gasteiger charge is 2.06. The lowest BCUT2D eigenvalue weighted by molar-refractivity contribution is -0.128. The molecule has 1 N–H and O–H groups in total. The van der Waals surface area contributed by atoms with Gasteiger partial charge in [-0.25, -0.2) is 5.73 Å². The van der Waals surface area contributed by atoms with Gasteiger partial charge in [0.2, 0.25) is 5.91 Å². The molecule has 3 nitrogen and oxygen atoms in total. The molecule has 0 heterocycles. The minimum absolute atomic E-state index is 0.190. The van der Waals surface area contributed by atoms with E-state index in [9.17, 15) is 4.79 Å². The molecule has 0 spiro atoms. The number of rotatable bonds is 5. The lowest BCUT2D eigenvalue weighted by Crippen LogP contribution is -2.33. The average Bonchev–Trinajstić information content (AvgIpc) is 2.03. The first-order valence-corrected chi connectivity index (χ1v) is 3.40. The third-order valence-corrected chi connectivity index (χ3v) is 1.20. The second-order valence-corrected chi connectivity index (χ2v) is 2.05. The van der Waals surface area contributed by atoms with Gasteiger partial charge in [0.15, 0.2) is 0 Å². The van der Waals surface area contributed by atoms with Gasteiger partial charge in [0.25, 0.3) is 0 Å². The van der Waals surface area contributed by atoms with E-state index < -0.39 is 0 Å². The molecule has 11 heavy (non-hydrogen) atoms. The molecule has 0 atom stereocenters. The third kappa shape index (κ3) is 3.57. The summed E-state index contributed by atoms with van der Waals surface area (Å²) in [5, 5.41) is 0. The Balaban J connectivity index is 3.95. The van der Waals surface area contributed by atoms with Crippen molar-refractivity contribution in [2.45, 2.75) is 0 Å². The van der Waals surface area contributed by atoms with E-state index in [1.807, 2.05) is 0 Å². The molecule has 0 rings (SSSR count). The zero-order valence-corrected chi connectivity index (χ0v) is 6.55. The summed E-state index contributed by atoms with van der Waals surface area (Å²) < 4.78 is 0. The quantitative estimate of drug-likeness (QED) is 0.529. The van der Waals surface area contributed by atoms with Crippen LogP contribution >= 0.6 is 0 Å². The Labute approximate surface area is 67.2 Å². The van der Waals surface area contributed by atoms with Crippen LogP contribution in [0.3, 0.4) is 0 Å². The monoisotopic (exact) mass is 153 g/mol. The highest BCUT2D eigenvalue weighted by Crippen LogP contribution is 1.89. The predicted octanol–water partition coefficient (Wildman–Crippen LogP) is 0.470. The van der Waals surface area contributed by atoms with Crippen molar-refractivity contribution < 1.29 is 4.79 Å². The van der Waals surface area contributed by atoms with E-state index in [4.69, 9.17) is 5.73 Å². The summed E-state index contributed by atoms with van der Waals surface area (Å²) in [6.07, 6.45) is 3.27. The van der Waals surface area contributed by atoms with Crippen LogP contribution in [-0.2, 0) is 4.79 Å². The van der Waals surface area contributed by atoms with Crippen LogP contribution in [0.15, 0.2) is 25.3 Å². The molecule has 0 unspecified atom stereocenters. The molecule has 0 aromatic heterocycles. The second kappa shape index (κ2) is 5.68. The Morgan fingerprint density at radius 2 is 1.82 bits per heavy atom. The Morgan fingerprint density at radius 1 is 1.36 bits per heavy atom. The molecule has 0 aromatic carbocycles. The van der Waals surface area contributed by atoms with Crippen LogP contribution in [0.2, 0.25) is 0 Å². The Bertz CT molecular complexity index is 144. The lowest BCUT2D eigenvalue weighted by Gasteiger charge is -2.17. The van der Waals surface area contributed by atoms with Crippen LogP contribution in [0.5, 0.6) is 0 Å². The fraction of sp³-hybridized carbons (Fsp3) is 0.375. The summed E-state index contributed by atoms with van der Waals surface area (Å²) in [7, 11) is 0. The van der Waals surface area contributed by atoms with E-state index in [0.29, 0.717) is 13.1 Å². The van der Waals surface area contributed by atoms with Crippen LogP contribution < -0.4 is 5.73 Å². The Kier molecular flexibility index (Phi) is 5.11. The molecule has 0 aliphatic heterocycles. The maximum absolute atomic E-state index is 10.9. The van der Waals surface area contributed by atoms with Gasteiger partial charge in [-0.3, -0.25) is 4.79 Å². The first-order chi connectivity index (χ1) is 5.26. The summed E-state index contributed by atoms with van der Waals surface area (Å²) in [4.78, 5) is 12.5.